The van der Waals surface area contributed by atoms with E-state index in [2.05, 4.69) is 32.7 Å². The van der Waals surface area contributed by atoms with Crippen molar-refractivity contribution in [3.8, 4) is 11.5 Å². The molecule has 2 heterocycles. The fraction of sp³-hybridized carbons (Fsp3) is 0.389. The second kappa shape index (κ2) is 5.66. The summed E-state index contributed by atoms with van der Waals surface area (Å²) >= 11 is 0. The van der Waals surface area contributed by atoms with Crippen LogP contribution in [0.3, 0.4) is 0 Å². The maximum Gasteiger partial charge on any atom is 0.494 e. The van der Waals surface area contributed by atoms with Crippen molar-refractivity contribution in [2.24, 2.45) is 0 Å². The van der Waals surface area contributed by atoms with E-state index in [4.69, 9.17) is 14.0 Å². The van der Waals surface area contributed by atoms with Crippen LogP contribution in [0.5, 0.6) is 11.5 Å². The van der Waals surface area contributed by atoms with Crippen molar-refractivity contribution in [3.05, 3.63) is 48.3 Å². The third kappa shape index (κ3) is 3.26. The Hall–Kier alpha value is -1.85. The van der Waals surface area contributed by atoms with Crippen LogP contribution in [0.4, 0.5) is 0 Å². The van der Waals surface area contributed by atoms with Crippen molar-refractivity contribution >= 4 is 12.6 Å². The molecule has 0 N–H and O–H groups in total. The molecule has 1 fully saturated rings. The second-order valence-electron chi connectivity index (χ2n) is 6.89. The average molecular weight is 311 g/mol. The fourth-order valence-corrected chi connectivity index (χ4v) is 2.32. The summed E-state index contributed by atoms with van der Waals surface area (Å²) < 4.78 is 17.9. The Kier molecular flexibility index (Phi) is 3.94. The van der Waals surface area contributed by atoms with Gasteiger partial charge in [0.25, 0.3) is 0 Å². The number of benzene rings is 1. The molecule has 4 nitrogen and oxygen atoms in total. The highest BCUT2D eigenvalue weighted by molar-refractivity contribution is 6.62. The largest absolute Gasteiger partial charge is 0.494 e. The molecule has 1 aliphatic heterocycles. The topological polar surface area (TPSA) is 40.6 Å². The van der Waals surface area contributed by atoms with Crippen molar-refractivity contribution in [1.82, 2.24) is 4.98 Å². The fourth-order valence-electron chi connectivity index (χ4n) is 2.32. The summed E-state index contributed by atoms with van der Waals surface area (Å²) in [6, 6.07) is 11.6. The molecule has 2 aromatic rings. The molecule has 1 aromatic carbocycles. The van der Waals surface area contributed by atoms with Crippen molar-refractivity contribution < 1.29 is 14.0 Å². The van der Waals surface area contributed by atoms with E-state index >= 15 is 0 Å². The summed E-state index contributed by atoms with van der Waals surface area (Å²) in [4.78, 5) is 4.22. The average Bonchev–Trinajstić information content (AvgIpc) is 2.71. The first kappa shape index (κ1) is 16.0. The Labute approximate surface area is 137 Å². The van der Waals surface area contributed by atoms with Gasteiger partial charge in [-0.15, -0.1) is 0 Å². The minimum Gasteiger partial charge on any atom is -0.456 e. The molecule has 1 aliphatic rings. The lowest BCUT2D eigenvalue weighted by molar-refractivity contribution is 0.00578. The smallest absolute Gasteiger partial charge is 0.456 e. The van der Waals surface area contributed by atoms with Crippen LogP contribution < -0.4 is 10.2 Å². The zero-order valence-corrected chi connectivity index (χ0v) is 14.3. The van der Waals surface area contributed by atoms with E-state index in [9.17, 15) is 0 Å². The number of rotatable bonds is 3. The summed E-state index contributed by atoms with van der Waals surface area (Å²) in [6.45, 7) is 10.1. The zero-order chi connectivity index (χ0) is 16.7. The molecular formula is C18H22BNO3. The second-order valence-corrected chi connectivity index (χ2v) is 6.89. The Morgan fingerprint density at radius 1 is 0.870 bits per heavy atom. The van der Waals surface area contributed by atoms with Crippen LogP contribution in [0.25, 0.3) is 0 Å². The van der Waals surface area contributed by atoms with Gasteiger partial charge in [0, 0.05) is 5.69 Å². The van der Waals surface area contributed by atoms with Gasteiger partial charge in [-0.25, -0.2) is 0 Å². The molecule has 120 valence electrons. The van der Waals surface area contributed by atoms with Crippen molar-refractivity contribution in [1.29, 1.82) is 0 Å². The first-order valence-electron chi connectivity index (χ1n) is 7.83. The highest BCUT2D eigenvalue weighted by Gasteiger charge is 2.51. The normalized spacial score (nSPS) is 18.9. The van der Waals surface area contributed by atoms with E-state index in [0.717, 1.165) is 22.7 Å². The molecule has 23 heavy (non-hydrogen) atoms. The van der Waals surface area contributed by atoms with Gasteiger partial charge in [-0.2, -0.15) is 0 Å². The Morgan fingerprint density at radius 3 is 1.96 bits per heavy atom. The van der Waals surface area contributed by atoms with Crippen LogP contribution in [0.2, 0.25) is 0 Å². The number of nitrogens with zero attached hydrogens (tertiary/aromatic N) is 1. The van der Waals surface area contributed by atoms with Gasteiger partial charge in [0.1, 0.15) is 11.5 Å². The maximum atomic E-state index is 6.05. The van der Waals surface area contributed by atoms with Crippen LogP contribution in [0.15, 0.2) is 42.6 Å². The minimum absolute atomic E-state index is 0.333. The number of hydrogen-bond acceptors (Lipinski definition) is 4. The van der Waals surface area contributed by atoms with Gasteiger partial charge in [0.2, 0.25) is 0 Å². The number of aryl methyl sites for hydroxylation is 1. The van der Waals surface area contributed by atoms with Gasteiger partial charge >= 0.3 is 7.12 Å². The zero-order valence-electron chi connectivity index (χ0n) is 14.3. The standard InChI is InChI=1S/C18H22BNO3/c1-13-6-9-16(12-20-13)21-15-10-7-14(8-11-15)19-22-17(2,3)18(4,5)23-19/h6-12H,1-5H3. The molecule has 0 amide bonds. The van der Waals surface area contributed by atoms with E-state index in [1.165, 1.54) is 0 Å². The maximum absolute atomic E-state index is 6.05. The van der Waals surface area contributed by atoms with Gasteiger partial charge < -0.3 is 14.0 Å². The first-order valence-corrected chi connectivity index (χ1v) is 7.83. The van der Waals surface area contributed by atoms with Crippen LogP contribution in [0, 0.1) is 6.92 Å². The summed E-state index contributed by atoms with van der Waals surface area (Å²) in [5.74, 6) is 1.48. The molecule has 3 rings (SSSR count). The van der Waals surface area contributed by atoms with Crippen LogP contribution in [-0.4, -0.2) is 23.3 Å². The number of ether oxygens (including phenoxy) is 1. The number of hydrogen-bond donors (Lipinski definition) is 0. The molecule has 0 unspecified atom stereocenters. The first-order chi connectivity index (χ1) is 10.8. The van der Waals surface area contributed by atoms with E-state index in [0.29, 0.717) is 0 Å². The van der Waals surface area contributed by atoms with Gasteiger partial charge in [-0.3, -0.25) is 4.98 Å². The lowest BCUT2D eigenvalue weighted by Crippen LogP contribution is -2.41. The number of aromatic nitrogens is 1. The molecular weight excluding hydrogens is 289 g/mol. The number of pyridine rings is 1. The van der Waals surface area contributed by atoms with Crippen molar-refractivity contribution in [3.63, 3.8) is 0 Å². The van der Waals surface area contributed by atoms with Gasteiger partial charge in [-0.05, 0) is 64.3 Å². The minimum atomic E-state index is -0.352. The molecule has 0 bridgehead atoms. The monoisotopic (exact) mass is 311 g/mol. The molecule has 0 aliphatic carbocycles. The summed E-state index contributed by atoms with van der Waals surface area (Å²) in [7, 11) is -0.352. The molecule has 5 heteroatoms. The third-order valence-corrected chi connectivity index (χ3v) is 4.53. The summed E-state index contributed by atoms with van der Waals surface area (Å²) in [5.41, 5.74) is 1.28. The van der Waals surface area contributed by atoms with Crippen molar-refractivity contribution in [2.75, 3.05) is 0 Å². The molecule has 1 saturated heterocycles. The molecule has 0 radical (unpaired) electrons. The van der Waals surface area contributed by atoms with E-state index < -0.39 is 0 Å². The third-order valence-electron chi connectivity index (χ3n) is 4.53. The van der Waals surface area contributed by atoms with Crippen LogP contribution in [-0.2, 0) is 9.31 Å². The van der Waals surface area contributed by atoms with E-state index in [-0.39, 0.29) is 18.3 Å². The van der Waals surface area contributed by atoms with Gasteiger partial charge in [-0.1, -0.05) is 12.1 Å². The molecule has 0 saturated carbocycles. The Balaban J connectivity index is 1.72. The van der Waals surface area contributed by atoms with E-state index in [1.54, 1.807) is 6.20 Å². The molecule has 0 spiro atoms. The van der Waals surface area contributed by atoms with Crippen molar-refractivity contribution in [2.45, 2.75) is 45.8 Å². The lowest BCUT2D eigenvalue weighted by Gasteiger charge is -2.32. The summed E-state index contributed by atoms with van der Waals surface area (Å²) in [5, 5.41) is 0. The molecule has 0 atom stereocenters. The van der Waals surface area contributed by atoms with Crippen LogP contribution >= 0.6 is 0 Å². The van der Waals surface area contributed by atoms with E-state index in [1.807, 2.05) is 43.3 Å². The predicted molar refractivity (Wildman–Crippen MR) is 91.2 cm³/mol. The van der Waals surface area contributed by atoms with Gasteiger partial charge in [0.05, 0.1) is 17.4 Å². The Morgan fingerprint density at radius 2 is 1.43 bits per heavy atom. The van der Waals surface area contributed by atoms with Gasteiger partial charge in [0.15, 0.2) is 0 Å². The SMILES string of the molecule is Cc1ccc(Oc2ccc(B3OC(C)(C)C(C)(C)O3)cc2)cn1. The highest BCUT2D eigenvalue weighted by atomic mass is 16.7. The summed E-state index contributed by atoms with van der Waals surface area (Å²) in [6.07, 6.45) is 1.72. The predicted octanol–water partition coefficient (Wildman–Crippen LogP) is 3.48. The molecule has 1 aromatic heterocycles. The highest BCUT2D eigenvalue weighted by Crippen LogP contribution is 2.36. The van der Waals surface area contributed by atoms with Crippen LogP contribution in [0.1, 0.15) is 33.4 Å². The lowest BCUT2D eigenvalue weighted by atomic mass is 9.79. The Bertz CT molecular complexity index is 664. The quantitative estimate of drug-likeness (QED) is 0.814.